The molecule has 1 aliphatic heterocycles. The van der Waals surface area contributed by atoms with Gasteiger partial charge in [-0.2, -0.15) is 0 Å². The molecule has 0 radical (unpaired) electrons. The predicted molar refractivity (Wildman–Crippen MR) is 71.4 cm³/mol. The standard InChI is InChI=1S/C12H23NO5S/c1-12(2,3)18-11(14)8-19(15,16)7-10(13)9-4-5-17-6-9/h9-10H,4-8,13H2,1-3H3. The van der Waals surface area contributed by atoms with Crippen LogP contribution in [-0.4, -0.2) is 50.7 Å². The lowest BCUT2D eigenvalue weighted by atomic mass is 10.0. The Labute approximate surface area is 114 Å². The summed E-state index contributed by atoms with van der Waals surface area (Å²) in [6, 6.07) is -0.491. The summed E-state index contributed by atoms with van der Waals surface area (Å²) in [6.07, 6.45) is 0.767. The van der Waals surface area contributed by atoms with Gasteiger partial charge in [-0.25, -0.2) is 8.42 Å². The molecule has 19 heavy (non-hydrogen) atoms. The van der Waals surface area contributed by atoms with Crippen LogP contribution in [0.1, 0.15) is 27.2 Å². The molecule has 1 heterocycles. The zero-order chi connectivity index (χ0) is 14.7. The molecule has 0 bridgehead atoms. The van der Waals surface area contributed by atoms with Gasteiger partial charge in [0.15, 0.2) is 9.84 Å². The van der Waals surface area contributed by atoms with Crippen LogP contribution < -0.4 is 5.73 Å². The Morgan fingerprint density at radius 3 is 2.58 bits per heavy atom. The summed E-state index contributed by atoms with van der Waals surface area (Å²) in [5.74, 6) is -1.51. The van der Waals surface area contributed by atoms with Crippen LogP contribution in [0.5, 0.6) is 0 Å². The Morgan fingerprint density at radius 2 is 2.11 bits per heavy atom. The second kappa shape index (κ2) is 6.19. The van der Waals surface area contributed by atoms with Gasteiger partial charge in [-0.3, -0.25) is 4.79 Å². The summed E-state index contributed by atoms with van der Waals surface area (Å²) in [7, 11) is -3.54. The van der Waals surface area contributed by atoms with Gasteiger partial charge in [0.1, 0.15) is 11.4 Å². The van der Waals surface area contributed by atoms with E-state index < -0.39 is 33.2 Å². The smallest absolute Gasteiger partial charge is 0.321 e. The van der Waals surface area contributed by atoms with Crippen LogP contribution in [0.25, 0.3) is 0 Å². The molecule has 7 heteroatoms. The predicted octanol–water partition coefficient (Wildman–Crippen LogP) is 0.107. The molecular weight excluding hydrogens is 270 g/mol. The monoisotopic (exact) mass is 293 g/mol. The normalized spacial score (nSPS) is 22.2. The van der Waals surface area contributed by atoms with Crippen molar-refractivity contribution in [1.82, 2.24) is 0 Å². The Bertz CT molecular complexity index is 406. The van der Waals surface area contributed by atoms with Crippen molar-refractivity contribution < 1.29 is 22.7 Å². The van der Waals surface area contributed by atoms with Gasteiger partial charge in [0.05, 0.1) is 12.4 Å². The molecule has 6 nitrogen and oxygen atoms in total. The van der Waals surface area contributed by atoms with E-state index in [9.17, 15) is 13.2 Å². The number of ether oxygens (including phenoxy) is 2. The molecule has 0 amide bonds. The topological polar surface area (TPSA) is 95.7 Å². The van der Waals surface area contributed by atoms with Crippen LogP contribution in [0.15, 0.2) is 0 Å². The summed E-state index contributed by atoms with van der Waals surface area (Å²) in [5.41, 5.74) is 5.17. The van der Waals surface area contributed by atoms with Gasteiger partial charge in [-0.15, -0.1) is 0 Å². The van der Waals surface area contributed by atoms with E-state index in [-0.39, 0.29) is 11.7 Å². The first-order chi connectivity index (χ1) is 8.59. The Balaban J connectivity index is 2.49. The molecule has 112 valence electrons. The van der Waals surface area contributed by atoms with Gasteiger partial charge in [-0.05, 0) is 27.2 Å². The van der Waals surface area contributed by atoms with Crippen LogP contribution >= 0.6 is 0 Å². The van der Waals surface area contributed by atoms with Crippen LogP contribution in [0.3, 0.4) is 0 Å². The lowest BCUT2D eigenvalue weighted by Crippen LogP contribution is -2.39. The zero-order valence-corrected chi connectivity index (χ0v) is 12.5. The number of rotatable bonds is 5. The second-order valence-corrected chi connectivity index (χ2v) is 8.04. The van der Waals surface area contributed by atoms with Gasteiger partial charge in [-0.1, -0.05) is 0 Å². The average Bonchev–Trinajstić information content (AvgIpc) is 2.63. The van der Waals surface area contributed by atoms with Crippen molar-refractivity contribution in [3.05, 3.63) is 0 Å². The van der Waals surface area contributed by atoms with Crippen LogP contribution in [0.2, 0.25) is 0 Å². The van der Waals surface area contributed by atoms with Crippen LogP contribution in [-0.2, 0) is 24.1 Å². The van der Waals surface area contributed by atoms with E-state index in [0.717, 1.165) is 6.42 Å². The Kier molecular flexibility index (Phi) is 5.34. The molecule has 2 N–H and O–H groups in total. The third-order valence-electron chi connectivity index (χ3n) is 2.77. The molecule has 0 saturated carbocycles. The van der Waals surface area contributed by atoms with Gasteiger partial charge >= 0.3 is 5.97 Å². The van der Waals surface area contributed by atoms with Crippen LogP contribution in [0.4, 0.5) is 0 Å². The third-order valence-corrected chi connectivity index (χ3v) is 4.34. The first-order valence-electron chi connectivity index (χ1n) is 6.35. The summed E-state index contributed by atoms with van der Waals surface area (Å²) >= 11 is 0. The quantitative estimate of drug-likeness (QED) is 0.723. The van der Waals surface area contributed by atoms with Crippen molar-refractivity contribution in [2.24, 2.45) is 11.7 Å². The minimum absolute atomic E-state index is 0.0495. The molecule has 0 aliphatic carbocycles. The number of hydrogen-bond donors (Lipinski definition) is 1. The number of nitrogens with two attached hydrogens (primary N) is 1. The minimum Gasteiger partial charge on any atom is -0.459 e. The number of carbonyl (C=O) groups is 1. The second-order valence-electron chi connectivity index (χ2n) is 5.93. The molecule has 0 aromatic heterocycles. The molecule has 0 aromatic rings. The van der Waals surface area contributed by atoms with Gasteiger partial charge in [0, 0.05) is 18.6 Å². The maximum absolute atomic E-state index is 11.9. The summed E-state index contributed by atoms with van der Waals surface area (Å²) in [5, 5.41) is 0. The minimum atomic E-state index is -3.54. The summed E-state index contributed by atoms with van der Waals surface area (Å²) < 4.78 is 33.9. The van der Waals surface area contributed by atoms with Gasteiger partial charge < -0.3 is 15.2 Å². The van der Waals surface area contributed by atoms with E-state index in [2.05, 4.69) is 0 Å². The highest BCUT2D eigenvalue weighted by Gasteiger charge is 2.29. The highest BCUT2D eigenvalue weighted by molar-refractivity contribution is 7.92. The molecule has 1 rings (SSSR count). The maximum Gasteiger partial charge on any atom is 0.321 e. The number of hydrogen-bond acceptors (Lipinski definition) is 6. The molecular formula is C12H23NO5S. The van der Waals surface area contributed by atoms with E-state index in [1.165, 1.54) is 0 Å². The number of esters is 1. The highest BCUT2D eigenvalue weighted by Crippen LogP contribution is 2.17. The lowest BCUT2D eigenvalue weighted by molar-refractivity contribution is -0.151. The van der Waals surface area contributed by atoms with Crippen LogP contribution in [0, 0.1) is 5.92 Å². The first kappa shape index (κ1) is 16.4. The third kappa shape index (κ3) is 6.35. The fourth-order valence-corrected chi connectivity index (χ4v) is 3.32. The Hall–Kier alpha value is -0.660. The zero-order valence-electron chi connectivity index (χ0n) is 11.7. The van der Waals surface area contributed by atoms with Gasteiger partial charge in [0.2, 0.25) is 0 Å². The molecule has 2 unspecified atom stereocenters. The summed E-state index contributed by atoms with van der Waals surface area (Å²) in [4.78, 5) is 11.5. The van der Waals surface area contributed by atoms with Crippen molar-refractivity contribution in [2.45, 2.75) is 38.8 Å². The van der Waals surface area contributed by atoms with Crippen molar-refractivity contribution >= 4 is 15.8 Å². The maximum atomic E-state index is 11.9. The number of carbonyl (C=O) groups excluding carboxylic acids is 1. The molecule has 0 spiro atoms. The Morgan fingerprint density at radius 1 is 1.47 bits per heavy atom. The molecule has 0 aromatic carbocycles. The van der Waals surface area contributed by atoms with E-state index in [4.69, 9.17) is 15.2 Å². The van der Waals surface area contributed by atoms with Crippen molar-refractivity contribution in [2.75, 3.05) is 24.7 Å². The van der Waals surface area contributed by atoms with E-state index in [1.54, 1.807) is 20.8 Å². The fraction of sp³-hybridized carbons (Fsp3) is 0.917. The van der Waals surface area contributed by atoms with Crippen molar-refractivity contribution in [1.29, 1.82) is 0 Å². The average molecular weight is 293 g/mol. The first-order valence-corrected chi connectivity index (χ1v) is 8.17. The SMILES string of the molecule is CC(C)(C)OC(=O)CS(=O)(=O)CC(N)C1CCOC1. The number of sulfone groups is 1. The van der Waals surface area contributed by atoms with Gasteiger partial charge in [0.25, 0.3) is 0 Å². The molecule has 2 atom stereocenters. The van der Waals surface area contributed by atoms with E-state index in [0.29, 0.717) is 13.2 Å². The summed E-state index contributed by atoms with van der Waals surface area (Å²) in [6.45, 7) is 6.19. The molecule has 1 saturated heterocycles. The molecule has 1 fully saturated rings. The van der Waals surface area contributed by atoms with Crippen molar-refractivity contribution in [3.8, 4) is 0 Å². The van der Waals surface area contributed by atoms with E-state index in [1.807, 2.05) is 0 Å². The highest BCUT2D eigenvalue weighted by atomic mass is 32.2. The molecule has 1 aliphatic rings. The fourth-order valence-electron chi connectivity index (χ4n) is 1.93. The van der Waals surface area contributed by atoms with E-state index >= 15 is 0 Å². The van der Waals surface area contributed by atoms with Crippen molar-refractivity contribution in [3.63, 3.8) is 0 Å². The lowest BCUT2D eigenvalue weighted by Gasteiger charge is -2.20. The largest absolute Gasteiger partial charge is 0.459 e.